The molecule has 4 nitrogen and oxygen atoms in total. The summed E-state index contributed by atoms with van der Waals surface area (Å²) in [7, 11) is 1.74. The van der Waals surface area contributed by atoms with Crippen LogP contribution < -0.4 is 5.32 Å². The van der Waals surface area contributed by atoms with Gasteiger partial charge in [0.15, 0.2) is 0 Å². The quantitative estimate of drug-likeness (QED) is 0.913. The Labute approximate surface area is 117 Å². The fourth-order valence-corrected chi connectivity index (χ4v) is 2.47. The number of likely N-dealkylation sites (tertiary alicyclic amines) is 1. The molecule has 1 N–H and O–H groups in total. The van der Waals surface area contributed by atoms with Crippen molar-refractivity contribution in [3.05, 3.63) is 34.3 Å². The Hall–Kier alpha value is -1.55. The molecule has 1 aliphatic rings. The number of halogens is 1. The highest BCUT2D eigenvalue weighted by Crippen LogP contribution is 2.18. The van der Waals surface area contributed by atoms with E-state index in [1.165, 1.54) is 0 Å². The molecule has 0 aliphatic carbocycles. The van der Waals surface area contributed by atoms with Gasteiger partial charge in [0.25, 0.3) is 0 Å². The predicted octanol–water partition coefficient (Wildman–Crippen LogP) is 1.54. The van der Waals surface area contributed by atoms with E-state index in [0.29, 0.717) is 18.0 Å². The lowest BCUT2D eigenvalue weighted by atomic mass is 10.1. The highest BCUT2D eigenvalue weighted by atomic mass is 35.5. The summed E-state index contributed by atoms with van der Waals surface area (Å²) in [6.07, 6.45) is 0.870. The zero-order valence-electron chi connectivity index (χ0n) is 11.1. The number of carbonyl (C=O) groups excluding carboxylic acids is 2. The molecule has 1 aromatic carbocycles. The smallest absolute Gasteiger partial charge is 0.244 e. The molecule has 1 unspecified atom stereocenters. The van der Waals surface area contributed by atoms with Gasteiger partial charge in [0, 0.05) is 18.6 Å². The zero-order valence-corrected chi connectivity index (χ0v) is 11.8. The third kappa shape index (κ3) is 3.26. The van der Waals surface area contributed by atoms with Gasteiger partial charge in [-0.1, -0.05) is 23.7 Å². The first-order chi connectivity index (χ1) is 8.97. The van der Waals surface area contributed by atoms with Crippen molar-refractivity contribution in [2.45, 2.75) is 25.8 Å². The molecule has 0 aromatic heterocycles. The van der Waals surface area contributed by atoms with Crippen molar-refractivity contribution in [1.29, 1.82) is 0 Å². The lowest BCUT2D eigenvalue weighted by Gasteiger charge is -2.12. The van der Waals surface area contributed by atoms with Gasteiger partial charge in [-0.3, -0.25) is 9.59 Å². The molecule has 0 saturated carbocycles. The fraction of sp³-hybridized carbons (Fsp3) is 0.429. The SMILES string of the molecule is Cc1ccc(CC(=O)NC2CCN(C)C2=O)c(Cl)c1. The number of likely N-dealkylation sites (N-methyl/N-ethyl adjacent to an activating group) is 1. The first-order valence-corrected chi connectivity index (χ1v) is 6.64. The maximum atomic E-state index is 11.9. The van der Waals surface area contributed by atoms with Crippen molar-refractivity contribution in [2.75, 3.05) is 13.6 Å². The molecule has 19 heavy (non-hydrogen) atoms. The summed E-state index contributed by atoms with van der Waals surface area (Å²) >= 11 is 6.09. The molecule has 0 bridgehead atoms. The van der Waals surface area contributed by atoms with Crippen molar-refractivity contribution < 1.29 is 9.59 Å². The molecule has 1 aliphatic heterocycles. The van der Waals surface area contributed by atoms with Gasteiger partial charge in [0.05, 0.1) is 6.42 Å². The van der Waals surface area contributed by atoms with E-state index < -0.39 is 0 Å². The van der Waals surface area contributed by atoms with Gasteiger partial charge in [0.2, 0.25) is 11.8 Å². The molecule has 5 heteroatoms. The van der Waals surface area contributed by atoms with Crippen LogP contribution in [0.5, 0.6) is 0 Å². The third-order valence-corrected chi connectivity index (χ3v) is 3.67. The topological polar surface area (TPSA) is 49.4 Å². The maximum absolute atomic E-state index is 11.9. The van der Waals surface area contributed by atoms with Crippen LogP contribution in [-0.2, 0) is 16.0 Å². The number of amides is 2. The Morgan fingerprint density at radius 2 is 2.26 bits per heavy atom. The van der Waals surface area contributed by atoms with Crippen LogP contribution in [0.3, 0.4) is 0 Å². The number of nitrogens with one attached hydrogen (secondary N) is 1. The van der Waals surface area contributed by atoms with Crippen LogP contribution in [0, 0.1) is 6.92 Å². The van der Waals surface area contributed by atoms with E-state index >= 15 is 0 Å². The van der Waals surface area contributed by atoms with Gasteiger partial charge in [-0.2, -0.15) is 0 Å². The summed E-state index contributed by atoms with van der Waals surface area (Å²) in [5, 5.41) is 3.35. The van der Waals surface area contributed by atoms with E-state index in [1.807, 2.05) is 25.1 Å². The zero-order chi connectivity index (χ0) is 14.0. The summed E-state index contributed by atoms with van der Waals surface area (Å²) in [5.41, 5.74) is 1.84. The highest BCUT2D eigenvalue weighted by molar-refractivity contribution is 6.31. The summed E-state index contributed by atoms with van der Waals surface area (Å²) in [5.74, 6) is -0.192. The lowest BCUT2D eigenvalue weighted by molar-refractivity contribution is -0.131. The molecule has 1 fully saturated rings. The van der Waals surface area contributed by atoms with Gasteiger partial charge >= 0.3 is 0 Å². The summed E-state index contributed by atoms with van der Waals surface area (Å²) in [6.45, 7) is 2.64. The molecule has 1 saturated heterocycles. The molecule has 102 valence electrons. The first kappa shape index (κ1) is 13.9. The van der Waals surface area contributed by atoms with Crippen molar-refractivity contribution in [3.8, 4) is 0 Å². The molecule has 0 radical (unpaired) electrons. The molecule has 2 amide bonds. The second-order valence-corrected chi connectivity index (χ2v) is 5.35. The number of hydrogen-bond acceptors (Lipinski definition) is 2. The molecular weight excluding hydrogens is 264 g/mol. The van der Waals surface area contributed by atoms with Crippen molar-refractivity contribution >= 4 is 23.4 Å². The Balaban J connectivity index is 1.96. The van der Waals surface area contributed by atoms with Crippen LogP contribution in [0.15, 0.2) is 18.2 Å². The van der Waals surface area contributed by atoms with E-state index in [0.717, 1.165) is 11.1 Å². The van der Waals surface area contributed by atoms with Crippen LogP contribution in [-0.4, -0.2) is 36.3 Å². The number of aryl methyl sites for hydroxylation is 1. The average molecular weight is 281 g/mol. The fourth-order valence-electron chi connectivity index (χ4n) is 2.17. The molecule has 2 rings (SSSR count). The molecule has 1 heterocycles. The lowest BCUT2D eigenvalue weighted by Crippen LogP contribution is -2.41. The van der Waals surface area contributed by atoms with Crippen LogP contribution in [0.1, 0.15) is 17.5 Å². The largest absolute Gasteiger partial charge is 0.344 e. The summed E-state index contributed by atoms with van der Waals surface area (Å²) in [4.78, 5) is 25.2. The van der Waals surface area contributed by atoms with Gasteiger partial charge in [-0.15, -0.1) is 0 Å². The van der Waals surface area contributed by atoms with E-state index in [9.17, 15) is 9.59 Å². The third-order valence-electron chi connectivity index (χ3n) is 3.32. The minimum atomic E-state index is -0.387. The standard InChI is InChI=1S/C14H17ClN2O2/c1-9-3-4-10(11(15)7-9)8-13(18)16-12-5-6-17(2)14(12)19/h3-4,7,12H,5-6,8H2,1-2H3,(H,16,18). The number of rotatable bonds is 3. The maximum Gasteiger partial charge on any atom is 0.244 e. The molecule has 0 spiro atoms. The Morgan fingerprint density at radius 3 is 2.84 bits per heavy atom. The van der Waals surface area contributed by atoms with Crippen LogP contribution in [0.4, 0.5) is 0 Å². The number of nitrogens with zero attached hydrogens (tertiary/aromatic N) is 1. The molecule has 1 atom stereocenters. The summed E-state index contributed by atoms with van der Waals surface area (Å²) in [6, 6.07) is 5.21. The van der Waals surface area contributed by atoms with Crippen LogP contribution in [0.25, 0.3) is 0 Å². The molecular formula is C14H17ClN2O2. The first-order valence-electron chi connectivity index (χ1n) is 6.27. The number of benzene rings is 1. The van der Waals surface area contributed by atoms with Crippen molar-refractivity contribution in [3.63, 3.8) is 0 Å². The monoisotopic (exact) mass is 280 g/mol. The average Bonchev–Trinajstić information content (AvgIpc) is 2.65. The minimum absolute atomic E-state index is 0.0247. The van der Waals surface area contributed by atoms with E-state index in [-0.39, 0.29) is 24.3 Å². The Morgan fingerprint density at radius 1 is 1.53 bits per heavy atom. The van der Waals surface area contributed by atoms with Crippen molar-refractivity contribution in [2.24, 2.45) is 0 Å². The normalized spacial score (nSPS) is 18.8. The Bertz CT molecular complexity index is 516. The summed E-state index contributed by atoms with van der Waals surface area (Å²) < 4.78 is 0. The highest BCUT2D eigenvalue weighted by Gasteiger charge is 2.30. The van der Waals surface area contributed by atoms with Crippen molar-refractivity contribution in [1.82, 2.24) is 10.2 Å². The van der Waals surface area contributed by atoms with Crippen LogP contribution >= 0.6 is 11.6 Å². The Kier molecular flexibility index (Phi) is 4.10. The van der Waals surface area contributed by atoms with Gasteiger partial charge in [-0.05, 0) is 30.5 Å². The van der Waals surface area contributed by atoms with E-state index in [1.54, 1.807) is 11.9 Å². The predicted molar refractivity (Wildman–Crippen MR) is 74.1 cm³/mol. The van der Waals surface area contributed by atoms with E-state index in [2.05, 4.69) is 5.32 Å². The van der Waals surface area contributed by atoms with Crippen LogP contribution in [0.2, 0.25) is 5.02 Å². The number of carbonyl (C=O) groups is 2. The number of hydrogen-bond donors (Lipinski definition) is 1. The molecule has 1 aromatic rings. The second-order valence-electron chi connectivity index (χ2n) is 4.94. The van der Waals surface area contributed by atoms with Gasteiger partial charge in [0.1, 0.15) is 6.04 Å². The minimum Gasteiger partial charge on any atom is -0.344 e. The van der Waals surface area contributed by atoms with Gasteiger partial charge < -0.3 is 10.2 Å². The second kappa shape index (κ2) is 5.61. The van der Waals surface area contributed by atoms with E-state index in [4.69, 9.17) is 11.6 Å². The van der Waals surface area contributed by atoms with Gasteiger partial charge in [-0.25, -0.2) is 0 Å².